The summed E-state index contributed by atoms with van der Waals surface area (Å²) in [5.41, 5.74) is -0.284. The zero-order chi connectivity index (χ0) is 18.9. The number of carbonyl (C=O) groups is 1. The van der Waals surface area contributed by atoms with Crippen LogP contribution in [0.5, 0.6) is 0 Å². The number of aromatic nitrogens is 3. The van der Waals surface area contributed by atoms with Crippen molar-refractivity contribution in [1.82, 2.24) is 20.1 Å². The van der Waals surface area contributed by atoms with E-state index in [1.54, 1.807) is 0 Å². The van der Waals surface area contributed by atoms with E-state index in [1.807, 2.05) is 0 Å². The van der Waals surface area contributed by atoms with Crippen LogP contribution < -0.4 is 0 Å². The van der Waals surface area contributed by atoms with Crippen molar-refractivity contribution in [2.75, 3.05) is 5.75 Å². The van der Waals surface area contributed by atoms with Crippen LogP contribution in [0.15, 0.2) is 35.7 Å². The van der Waals surface area contributed by atoms with Gasteiger partial charge in [0.15, 0.2) is 0 Å². The SMILES string of the molecule is O=C(CS(=O)(=O)c1ncn[nH]1)N(Cc1ccc(C(F)(F)F)cc1)C1CC1. The van der Waals surface area contributed by atoms with Crippen molar-refractivity contribution in [3.8, 4) is 0 Å². The standard InChI is InChI=1S/C15H15F3N4O3S/c16-15(17,18)11-3-1-10(2-4-11)7-22(12-5-6-12)13(23)8-26(24,25)14-19-9-20-21-14/h1-4,9,12H,5-8H2,(H,19,20,21). The van der Waals surface area contributed by atoms with Gasteiger partial charge in [0, 0.05) is 12.6 Å². The molecule has 1 heterocycles. The number of carbonyl (C=O) groups excluding carboxylic acids is 1. The number of alkyl halides is 3. The van der Waals surface area contributed by atoms with Gasteiger partial charge in [-0.15, -0.1) is 0 Å². The molecule has 26 heavy (non-hydrogen) atoms. The largest absolute Gasteiger partial charge is 0.416 e. The number of sulfone groups is 1. The fourth-order valence-electron chi connectivity index (χ4n) is 2.46. The first-order chi connectivity index (χ1) is 12.2. The summed E-state index contributed by atoms with van der Waals surface area (Å²) in [6.07, 6.45) is -1.95. The average Bonchev–Trinajstić information content (AvgIpc) is 3.23. The van der Waals surface area contributed by atoms with Crippen LogP contribution in [0.2, 0.25) is 0 Å². The number of nitrogens with zero attached hydrogens (tertiary/aromatic N) is 3. The Balaban J connectivity index is 1.72. The maximum Gasteiger partial charge on any atom is 0.416 e. The van der Waals surface area contributed by atoms with Crippen molar-refractivity contribution in [2.45, 2.75) is 36.8 Å². The molecule has 1 amide bonds. The molecule has 0 unspecified atom stereocenters. The third-order valence-corrected chi connectivity index (χ3v) is 5.36. The Bertz CT molecular complexity index is 876. The topological polar surface area (TPSA) is 96.0 Å². The van der Waals surface area contributed by atoms with Crippen molar-refractivity contribution in [2.24, 2.45) is 0 Å². The molecule has 0 bridgehead atoms. The first-order valence-electron chi connectivity index (χ1n) is 7.70. The van der Waals surface area contributed by atoms with E-state index in [9.17, 15) is 26.4 Å². The second kappa shape index (κ2) is 6.71. The second-order valence-electron chi connectivity index (χ2n) is 6.00. The molecule has 1 N–H and O–H groups in total. The van der Waals surface area contributed by atoms with Gasteiger partial charge in [-0.25, -0.2) is 13.4 Å². The lowest BCUT2D eigenvalue weighted by atomic mass is 10.1. The van der Waals surface area contributed by atoms with Crippen LogP contribution >= 0.6 is 0 Å². The lowest BCUT2D eigenvalue weighted by molar-refractivity contribution is -0.137. The summed E-state index contributed by atoms with van der Waals surface area (Å²) in [5.74, 6) is -1.40. The highest BCUT2D eigenvalue weighted by Crippen LogP contribution is 2.31. The van der Waals surface area contributed by atoms with E-state index in [0.717, 1.165) is 31.3 Å². The van der Waals surface area contributed by atoms with E-state index in [-0.39, 0.29) is 12.6 Å². The van der Waals surface area contributed by atoms with Crippen LogP contribution in [0.3, 0.4) is 0 Å². The number of amides is 1. The van der Waals surface area contributed by atoms with Crippen LogP contribution in [-0.4, -0.2) is 46.2 Å². The molecule has 140 valence electrons. The molecule has 1 aliphatic carbocycles. The molecule has 0 spiro atoms. The van der Waals surface area contributed by atoms with Crippen molar-refractivity contribution < 1.29 is 26.4 Å². The number of hydrogen-bond donors (Lipinski definition) is 1. The van der Waals surface area contributed by atoms with Gasteiger partial charge in [-0.1, -0.05) is 12.1 Å². The second-order valence-corrected chi connectivity index (χ2v) is 7.90. The minimum Gasteiger partial charge on any atom is -0.334 e. The predicted molar refractivity (Wildman–Crippen MR) is 83.5 cm³/mol. The fourth-order valence-corrected chi connectivity index (χ4v) is 3.49. The number of halogens is 3. The third kappa shape index (κ3) is 4.21. The number of nitrogens with one attached hydrogen (secondary N) is 1. The van der Waals surface area contributed by atoms with E-state index < -0.39 is 38.4 Å². The maximum absolute atomic E-state index is 12.6. The highest BCUT2D eigenvalue weighted by Gasteiger charge is 2.35. The summed E-state index contributed by atoms with van der Waals surface area (Å²) in [7, 11) is -3.95. The summed E-state index contributed by atoms with van der Waals surface area (Å²) in [4.78, 5) is 17.4. The number of H-pyrrole nitrogens is 1. The molecule has 0 saturated heterocycles. The van der Waals surface area contributed by atoms with Gasteiger partial charge in [0.05, 0.1) is 5.56 Å². The lowest BCUT2D eigenvalue weighted by Crippen LogP contribution is -2.37. The molecular weight excluding hydrogens is 373 g/mol. The van der Waals surface area contributed by atoms with Gasteiger partial charge in [-0.3, -0.25) is 9.89 Å². The summed E-state index contributed by atoms with van der Waals surface area (Å²) >= 11 is 0. The molecule has 1 fully saturated rings. The van der Waals surface area contributed by atoms with E-state index in [4.69, 9.17) is 0 Å². The predicted octanol–water partition coefficient (Wildman–Crippen LogP) is 1.79. The van der Waals surface area contributed by atoms with Gasteiger partial charge in [-0.2, -0.15) is 18.3 Å². The minimum atomic E-state index is -4.43. The van der Waals surface area contributed by atoms with Gasteiger partial charge in [0.1, 0.15) is 12.1 Å². The Morgan fingerprint density at radius 3 is 2.38 bits per heavy atom. The molecule has 1 saturated carbocycles. The smallest absolute Gasteiger partial charge is 0.334 e. The minimum absolute atomic E-state index is 0.0492. The van der Waals surface area contributed by atoms with Gasteiger partial charge >= 0.3 is 6.18 Å². The number of benzene rings is 1. The summed E-state index contributed by atoms with van der Waals surface area (Å²) in [5, 5.41) is 5.27. The Morgan fingerprint density at radius 1 is 1.23 bits per heavy atom. The zero-order valence-electron chi connectivity index (χ0n) is 13.4. The summed E-state index contributed by atoms with van der Waals surface area (Å²) in [6, 6.07) is 4.36. The highest BCUT2D eigenvalue weighted by atomic mass is 32.2. The third-order valence-electron chi connectivity index (χ3n) is 3.94. The number of hydrogen-bond acceptors (Lipinski definition) is 5. The van der Waals surface area contributed by atoms with Crippen molar-refractivity contribution >= 4 is 15.7 Å². The highest BCUT2D eigenvalue weighted by molar-refractivity contribution is 7.91. The Morgan fingerprint density at radius 2 is 1.88 bits per heavy atom. The summed E-state index contributed by atoms with van der Waals surface area (Å²) in [6.45, 7) is 0.0492. The molecule has 2 aromatic rings. The molecule has 0 aliphatic heterocycles. The average molecular weight is 388 g/mol. The van der Waals surface area contributed by atoms with Crippen LogP contribution in [0.1, 0.15) is 24.0 Å². The Hall–Kier alpha value is -2.43. The van der Waals surface area contributed by atoms with Crippen LogP contribution in [0.4, 0.5) is 13.2 Å². The van der Waals surface area contributed by atoms with Gasteiger partial charge in [-0.05, 0) is 30.5 Å². The molecule has 1 aromatic carbocycles. The van der Waals surface area contributed by atoms with Crippen LogP contribution in [-0.2, 0) is 27.4 Å². The van der Waals surface area contributed by atoms with Gasteiger partial charge in [0.2, 0.25) is 20.9 Å². The Labute approximate surface area is 147 Å². The quantitative estimate of drug-likeness (QED) is 0.814. The maximum atomic E-state index is 12.6. The number of rotatable bonds is 6. The van der Waals surface area contributed by atoms with E-state index in [1.165, 1.54) is 17.0 Å². The molecular formula is C15H15F3N4O3S. The fraction of sp³-hybridized carbons (Fsp3) is 0.400. The van der Waals surface area contributed by atoms with Crippen LogP contribution in [0.25, 0.3) is 0 Å². The monoisotopic (exact) mass is 388 g/mol. The number of aromatic amines is 1. The Kier molecular flexibility index (Phi) is 4.74. The van der Waals surface area contributed by atoms with E-state index >= 15 is 0 Å². The molecule has 11 heteroatoms. The lowest BCUT2D eigenvalue weighted by Gasteiger charge is -2.22. The van der Waals surface area contributed by atoms with Gasteiger partial charge < -0.3 is 4.90 Å². The van der Waals surface area contributed by atoms with E-state index in [2.05, 4.69) is 15.2 Å². The van der Waals surface area contributed by atoms with Crippen molar-refractivity contribution in [3.63, 3.8) is 0 Å². The molecule has 3 rings (SSSR count). The zero-order valence-corrected chi connectivity index (χ0v) is 14.2. The molecule has 0 atom stereocenters. The van der Waals surface area contributed by atoms with E-state index in [0.29, 0.717) is 5.56 Å². The van der Waals surface area contributed by atoms with Crippen molar-refractivity contribution in [1.29, 1.82) is 0 Å². The molecule has 0 radical (unpaired) electrons. The molecule has 7 nitrogen and oxygen atoms in total. The first kappa shape index (κ1) is 18.4. The molecule has 1 aromatic heterocycles. The summed E-state index contributed by atoms with van der Waals surface area (Å²) < 4.78 is 62.2. The molecule has 1 aliphatic rings. The van der Waals surface area contributed by atoms with Gasteiger partial charge in [0.25, 0.3) is 0 Å². The normalized spacial score (nSPS) is 15.0. The van der Waals surface area contributed by atoms with Crippen LogP contribution in [0, 0.1) is 0 Å². The van der Waals surface area contributed by atoms with Crippen molar-refractivity contribution in [3.05, 3.63) is 41.7 Å². The first-order valence-corrected chi connectivity index (χ1v) is 9.36.